The maximum Gasteiger partial charge on any atom is 0.245 e. The van der Waals surface area contributed by atoms with Crippen LogP contribution in [-0.2, 0) is 23.1 Å². The second kappa shape index (κ2) is 10.6. The molecule has 0 saturated carbocycles. The van der Waals surface area contributed by atoms with Gasteiger partial charge in [-0.05, 0) is 32.1 Å². The van der Waals surface area contributed by atoms with E-state index in [-0.39, 0.29) is 24.3 Å². The largest absolute Gasteiger partial charge is 0.344 e. The Morgan fingerprint density at radius 3 is 2.77 bits per heavy atom. The summed E-state index contributed by atoms with van der Waals surface area (Å²) in [5.74, 6) is 0.178. The van der Waals surface area contributed by atoms with Crippen LogP contribution in [0.2, 0.25) is 0 Å². The quantitative estimate of drug-likeness (QED) is 0.292. The molecule has 30 heavy (non-hydrogen) atoms. The molecule has 10 nitrogen and oxygen atoms in total. The van der Waals surface area contributed by atoms with Crippen molar-refractivity contribution in [3.63, 3.8) is 0 Å². The summed E-state index contributed by atoms with van der Waals surface area (Å²) in [7, 11) is 1.90. The Balaban J connectivity index is 1.59. The zero-order chi connectivity index (χ0) is 21.3. The Kier molecular flexibility index (Phi) is 7.65. The van der Waals surface area contributed by atoms with Gasteiger partial charge in [0.2, 0.25) is 17.8 Å². The molecule has 1 aromatic heterocycles. The molecule has 0 radical (unpaired) electrons. The number of aryl methyl sites for hydroxylation is 1. The van der Waals surface area contributed by atoms with Crippen LogP contribution in [-0.4, -0.2) is 75.9 Å². The molecule has 0 bridgehead atoms. The van der Waals surface area contributed by atoms with Crippen molar-refractivity contribution in [2.45, 2.75) is 44.6 Å². The maximum atomic E-state index is 13.0. The van der Waals surface area contributed by atoms with Crippen LogP contribution in [0.4, 0.5) is 0 Å². The van der Waals surface area contributed by atoms with Crippen LogP contribution in [0.25, 0.3) is 0 Å². The molecule has 2 aliphatic rings. The summed E-state index contributed by atoms with van der Waals surface area (Å²) in [5.41, 5.74) is 0.912. The number of aromatic nitrogens is 2. The number of amides is 2. The van der Waals surface area contributed by atoms with Gasteiger partial charge < -0.3 is 19.7 Å². The zero-order valence-corrected chi connectivity index (χ0v) is 17.5. The number of guanidine groups is 1. The number of carbonyl (C=O) groups excluding carboxylic acids is 2. The van der Waals surface area contributed by atoms with Crippen LogP contribution in [0.1, 0.15) is 37.8 Å². The molecule has 1 aromatic rings. The first-order valence-electron chi connectivity index (χ1n) is 10.6. The van der Waals surface area contributed by atoms with Crippen molar-refractivity contribution in [3.05, 3.63) is 18.2 Å². The third-order valence-electron chi connectivity index (χ3n) is 5.45. The summed E-state index contributed by atoms with van der Waals surface area (Å²) in [6.45, 7) is 2.69. The average molecular weight is 415 g/mol. The van der Waals surface area contributed by atoms with Gasteiger partial charge >= 0.3 is 0 Å². The van der Waals surface area contributed by atoms with Gasteiger partial charge in [0.15, 0.2) is 6.19 Å². The molecule has 0 aliphatic carbocycles. The molecular formula is C20H30N8O2. The minimum absolute atomic E-state index is 0.0147. The number of imidazole rings is 1. The number of nitrogens with zero attached hydrogens (tertiary/aromatic N) is 6. The van der Waals surface area contributed by atoms with Crippen LogP contribution in [0, 0.1) is 11.5 Å². The van der Waals surface area contributed by atoms with E-state index in [4.69, 9.17) is 5.26 Å². The van der Waals surface area contributed by atoms with Gasteiger partial charge in [-0.25, -0.2) is 4.98 Å². The first-order chi connectivity index (χ1) is 14.6. The maximum absolute atomic E-state index is 13.0. The second-order valence-corrected chi connectivity index (χ2v) is 7.79. The minimum atomic E-state index is -0.506. The predicted molar refractivity (Wildman–Crippen MR) is 111 cm³/mol. The number of rotatable bonds is 6. The average Bonchev–Trinajstić information content (AvgIpc) is 3.37. The van der Waals surface area contributed by atoms with Crippen molar-refractivity contribution in [1.29, 1.82) is 5.26 Å². The van der Waals surface area contributed by atoms with Crippen LogP contribution in [0.15, 0.2) is 17.5 Å². The molecule has 3 heterocycles. The highest BCUT2D eigenvalue weighted by atomic mass is 16.2. The third-order valence-corrected chi connectivity index (χ3v) is 5.45. The van der Waals surface area contributed by atoms with Crippen molar-refractivity contribution in [1.82, 2.24) is 30.0 Å². The molecule has 2 aliphatic heterocycles. The molecule has 2 N–H and O–H groups in total. The highest BCUT2D eigenvalue weighted by Crippen LogP contribution is 2.14. The van der Waals surface area contributed by atoms with Crippen molar-refractivity contribution >= 4 is 17.8 Å². The van der Waals surface area contributed by atoms with Gasteiger partial charge in [0, 0.05) is 45.8 Å². The number of carbonyl (C=O) groups is 2. The summed E-state index contributed by atoms with van der Waals surface area (Å²) in [6, 6.07) is -0.506. The number of aliphatic imine (C=N–C) groups is 1. The molecule has 1 atom stereocenters. The lowest BCUT2D eigenvalue weighted by atomic mass is 10.1. The highest BCUT2D eigenvalue weighted by Gasteiger charge is 2.30. The van der Waals surface area contributed by atoms with Gasteiger partial charge in [-0.3, -0.25) is 19.9 Å². The summed E-state index contributed by atoms with van der Waals surface area (Å²) < 4.78 is 1.87. The molecule has 2 fully saturated rings. The highest BCUT2D eigenvalue weighted by molar-refractivity contribution is 5.92. The number of nitrogens with one attached hydrogen (secondary N) is 2. The molecule has 0 aromatic carbocycles. The van der Waals surface area contributed by atoms with Gasteiger partial charge in [0.05, 0.1) is 18.6 Å². The van der Waals surface area contributed by atoms with E-state index in [1.165, 1.54) is 0 Å². The van der Waals surface area contributed by atoms with Crippen molar-refractivity contribution in [2.75, 3.05) is 32.7 Å². The Labute approximate surface area is 176 Å². The monoisotopic (exact) mass is 414 g/mol. The Morgan fingerprint density at radius 1 is 1.30 bits per heavy atom. The Hall–Kier alpha value is -3.09. The molecule has 1 unspecified atom stereocenters. The number of nitriles is 1. The Morgan fingerprint density at radius 2 is 2.07 bits per heavy atom. The van der Waals surface area contributed by atoms with E-state index >= 15 is 0 Å². The topological polar surface area (TPSA) is 119 Å². The summed E-state index contributed by atoms with van der Waals surface area (Å²) in [6.07, 6.45) is 10.6. The van der Waals surface area contributed by atoms with Gasteiger partial charge in [-0.15, -0.1) is 0 Å². The zero-order valence-electron chi connectivity index (χ0n) is 17.5. The van der Waals surface area contributed by atoms with Crippen LogP contribution >= 0.6 is 0 Å². The fraction of sp³-hybridized carbons (Fsp3) is 0.650. The smallest absolute Gasteiger partial charge is 0.245 e. The minimum Gasteiger partial charge on any atom is -0.344 e. The first kappa shape index (κ1) is 21.6. The van der Waals surface area contributed by atoms with E-state index in [2.05, 4.69) is 20.6 Å². The van der Waals surface area contributed by atoms with Crippen molar-refractivity contribution in [3.8, 4) is 6.19 Å². The molecule has 2 saturated heterocycles. The molecule has 0 spiro atoms. The number of hydrogen-bond acceptors (Lipinski definition) is 5. The normalized spacial score (nSPS) is 20.1. The fourth-order valence-electron chi connectivity index (χ4n) is 3.84. The van der Waals surface area contributed by atoms with Crippen LogP contribution < -0.4 is 10.6 Å². The van der Waals surface area contributed by atoms with Gasteiger partial charge in [0.25, 0.3) is 0 Å². The van der Waals surface area contributed by atoms with E-state index in [1.54, 1.807) is 11.2 Å². The standard InChI is InChI=1S/C20H30N8O2/c1-26-12-16(24-15-26)7-8-22-20(23-14-21)25-17-6-2-3-11-28(19(17)30)13-18(29)27-9-4-5-10-27/h12,15,17H,2-11,13H2,1H3,(H2,22,23,25). The van der Waals surface area contributed by atoms with Crippen molar-refractivity contribution in [2.24, 2.45) is 12.0 Å². The van der Waals surface area contributed by atoms with Gasteiger partial charge in [-0.2, -0.15) is 5.26 Å². The lowest BCUT2D eigenvalue weighted by Gasteiger charge is -2.27. The molecule has 3 rings (SSSR count). The second-order valence-electron chi connectivity index (χ2n) is 7.79. The summed E-state index contributed by atoms with van der Waals surface area (Å²) in [4.78, 5) is 37.7. The van der Waals surface area contributed by atoms with E-state index in [0.29, 0.717) is 25.9 Å². The van der Waals surface area contributed by atoms with E-state index < -0.39 is 6.04 Å². The predicted octanol–water partition coefficient (Wildman–Crippen LogP) is -0.0176. The van der Waals surface area contributed by atoms with Crippen LogP contribution in [0.3, 0.4) is 0 Å². The van der Waals surface area contributed by atoms with Crippen LogP contribution in [0.5, 0.6) is 0 Å². The van der Waals surface area contributed by atoms with E-state index in [9.17, 15) is 9.59 Å². The van der Waals surface area contributed by atoms with E-state index in [0.717, 1.165) is 44.5 Å². The third kappa shape index (κ3) is 5.95. The molecule has 10 heteroatoms. The Bertz CT molecular complexity index is 806. The molecule has 2 amide bonds. The summed E-state index contributed by atoms with van der Waals surface area (Å²) >= 11 is 0. The first-order valence-corrected chi connectivity index (χ1v) is 10.6. The fourth-order valence-corrected chi connectivity index (χ4v) is 3.84. The van der Waals surface area contributed by atoms with Gasteiger partial charge in [-0.1, -0.05) is 0 Å². The SMILES string of the molecule is Cn1cnc(CCN=C(NC#N)NC2CCCCN(CC(=O)N3CCCC3)C2=O)c1. The van der Waals surface area contributed by atoms with Crippen molar-refractivity contribution < 1.29 is 9.59 Å². The number of likely N-dealkylation sites (tertiary alicyclic amines) is 2. The van der Waals surface area contributed by atoms with E-state index in [1.807, 2.05) is 28.9 Å². The summed E-state index contributed by atoms with van der Waals surface area (Å²) in [5, 5.41) is 14.7. The van der Waals surface area contributed by atoms with Gasteiger partial charge in [0.1, 0.15) is 6.04 Å². The number of hydrogen-bond donors (Lipinski definition) is 2. The molecular weight excluding hydrogens is 384 g/mol. The lowest BCUT2D eigenvalue weighted by molar-refractivity contribution is -0.140. The molecule has 162 valence electrons. The lowest BCUT2D eigenvalue weighted by Crippen LogP contribution is -2.52.